The van der Waals surface area contributed by atoms with Crippen LogP contribution in [0.3, 0.4) is 0 Å². The Labute approximate surface area is 119 Å². The van der Waals surface area contributed by atoms with Crippen LogP contribution >= 0.6 is 11.8 Å². The Morgan fingerprint density at radius 3 is 2.53 bits per heavy atom. The number of nitrogens with one attached hydrogen (secondary N) is 1. The van der Waals surface area contributed by atoms with Crippen LogP contribution in [0.5, 0.6) is 0 Å². The predicted molar refractivity (Wildman–Crippen MR) is 85.2 cm³/mol. The number of hydrazone groups is 1. The number of nitrogens with zero attached hydrogens (tertiary/aromatic N) is 2. The first-order valence-corrected chi connectivity index (χ1v) is 7.46. The van der Waals surface area contributed by atoms with Crippen molar-refractivity contribution >= 4 is 22.6 Å². The lowest BCUT2D eigenvalue weighted by atomic mass is 10.0. The summed E-state index contributed by atoms with van der Waals surface area (Å²) >= 11 is 1.71. The van der Waals surface area contributed by atoms with E-state index in [9.17, 15) is 0 Å². The van der Waals surface area contributed by atoms with E-state index in [1.165, 1.54) is 16.7 Å². The van der Waals surface area contributed by atoms with Crippen molar-refractivity contribution in [3.63, 3.8) is 0 Å². The number of hydrogen-bond donors (Lipinski definition) is 1. The van der Waals surface area contributed by atoms with Gasteiger partial charge >= 0.3 is 0 Å². The first-order chi connectivity index (χ1) is 8.85. The molecule has 1 N–H and O–H groups in total. The van der Waals surface area contributed by atoms with Crippen LogP contribution in [-0.4, -0.2) is 22.2 Å². The van der Waals surface area contributed by atoms with E-state index in [0.717, 1.165) is 16.6 Å². The molecule has 1 heterocycles. The zero-order valence-corrected chi connectivity index (χ0v) is 13.1. The van der Waals surface area contributed by atoms with Crippen molar-refractivity contribution in [2.24, 2.45) is 10.1 Å². The van der Waals surface area contributed by atoms with Gasteiger partial charge in [-0.05, 0) is 40.2 Å². The van der Waals surface area contributed by atoms with Crippen LogP contribution in [0.1, 0.15) is 37.5 Å². The van der Waals surface area contributed by atoms with Crippen molar-refractivity contribution in [3.05, 3.63) is 34.9 Å². The quantitative estimate of drug-likeness (QED) is 0.851. The SMILES string of the molecule is Cc1ccc(C2=NNC(=NC(C)(C)C)SC2)c(C)c1. The molecule has 0 fully saturated rings. The van der Waals surface area contributed by atoms with Crippen molar-refractivity contribution in [1.29, 1.82) is 0 Å². The molecule has 0 spiro atoms. The van der Waals surface area contributed by atoms with Gasteiger partial charge in [0.25, 0.3) is 0 Å². The Morgan fingerprint density at radius 1 is 1.26 bits per heavy atom. The number of aryl methyl sites for hydroxylation is 2. The fourth-order valence-corrected chi connectivity index (χ4v) is 2.90. The molecule has 1 aromatic rings. The van der Waals surface area contributed by atoms with Crippen molar-refractivity contribution in [2.45, 2.75) is 40.2 Å². The summed E-state index contributed by atoms with van der Waals surface area (Å²) in [6, 6.07) is 6.48. The second-order valence-electron chi connectivity index (χ2n) is 5.87. The van der Waals surface area contributed by atoms with E-state index in [4.69, 9.17) is 0 Å². The fraction of sp³-hybridized carbons (Fsp3) is 0.467. The summed E-state index contributed by atoms with van der Waals surface area (Å²) < 4.78 is 0. The van der Waals surface area contributed by atoms with Gasteiger partial charge in [0.05, 0.1) is 11.3 Å². The van der Waals surface area contributed by atoms with Crippen LogP contribution in [0.15, 0.2) is 28.3 Å². The zero-order valence-electron chi connectivity index (χ0n) is 12.2. The molecule has 102 valence electrons. The van der Waals surface area contributed by atoms with Gasteiger partial charge in [0.1, 0.15) is 0 Å². The Bertz CT molecular complexity index is 539. The van der Waals surface area contributed by atoms with Crippen molar-refractivity contribution in [3.8, 4) is 0 Å². The second-order valence-corrected chi connectivity index (χ2v) is 6.83. The van der Waals surface area contributed by atoms with E-state index in [1.54, 1.807) is 11.8 Å². The molecule has 19 heavy (non-hydrogen) atoms. The number of thioether (sulfide) groups is 1. The average molecular weight is 275 g/mol. The van der Waals surface area contributed by atoms with Gasteiger partial charge in [0, 0.05) is 11.3 Å². The van der Waals surface area contributed by atoms with Gasteiger partial charge in [-0.2, -0.15) is 5.10 Å². The molecular formula is C15H21N3S. The molecule has 0 saturated carbocycles. The van der Waals surface area contributed by atoms with E-state index >= 15 is 0 Å². The van der Waals surface area contributed by atoms with Gasteiger partial charge in [-0.3, -0.25) is 10.4 Å². The fourth-order valence-electron chi connectivity index (χ4n) is 1.95. The van der Waals surface area contributed by atoms with Crippen LogP contribution in [0.2, 0.25) is 0 Å². The van der Waals surface area contributed by atoms with E-state index in [0.29, 0.717) is 0 Å². The third-order valence-corrected chi connectivity index (χ3v) is 3.64. The van der Waals surface area contributed by atoms with Gasteiger partial charge in [0.15, 0.2) is 5.17 Å². The minimum atomic E-state index is -0.0673. The van der Waals surface area contributed by atoms with Crippen molar-refractivity contribution < 1.29 is 0 Å². The molecule has 1 aliphatic rings. The molecule has 0 saturated heterocycles. The highest BCUT2D eigenvalue weighted by atomic mass is 32.2. The Morgan fingerprint density at radius 2 is 2.00 bits per heavy atom. The van der Waals surface area contributed by atoms with Crippen molar-refractivity contribution in [1.82, 2.24) is 5.43 Å². The zero-order chi connectivity index (χ0) is 14.0. The Hall–Kier alpha value is -1.29. The number of aliphatic imine (C=N–C) groups is 1. The number of hydrogen-bond acceptors (Lipinski definition) is 3. The summed E-state index contributed by atoms with van der Waals surface area (Å²) in [5.74, 6) is 0.867. The van der Waals surface area contributed by atoms with E-state index < -0.39 is 0 Å². The van der Waals surface area contributed by atoms with Gasteiger partial charge in [-0.15, -0.1) is 0 Å². The van der Waals surface area contributed by atoms with E-state index in [-0.39, 0.29) is 5.54 Å². The summed E-state index contributed by atoms with van der Waals surface area (Å²) in [6.07, 6.45) is 0. The predicted octanol–water partition coefficient (Wildman–Crippen LogP) is 3.50. The standard InChI is InChI=1S/C15H21N3S/c1-10-6-7-12(11(2)8-10)13-9-19-14(18-17-13)16-15(3,4)5/h6-8H,9H2,1-5H3,(H,16,18). The molecular weight excluding hydrogens is 254 g/mol. The van der Waals surface area contributed by atoms with Gasteiger partial charge in [-0.25, -0.2) is 0 Å². The highest BCUT2D eigenvalue weighted by Crippen LogP contribution is 2.19. The number of amidine groups is 1. The topological polar surface area (TPSA) is 36.8 Å². The molecule has 0 bridgehead atoms. The third kappa shape index (κ3) is 3.83. The molecule has 2 rings (SSSR count). The maximum atomic E-state index is 4.59. The lowest BCUT2D eigenvalue weighted by Crippen LogP contribution is -2.28. The van der Waals surface area contributed by atoms with Crippen LogP contribution in [-0.2, 0) is 0 Å². The molecule has 1 aromatic carbocycles. The third-order valence-electron chi connectivity index (χ3n) is 2.76. The lowest BCUT2D eigenvalue weighted by Gasteiger charge is -2.20. The molecule has 0 aliphatic carbocycles. The van der Waals surface area contributed by atoms with Crippen molar-refractivity contribution in [2.75, 3.05) is 5.75 Å². The van der Waals surface area contributed by atoms with Gasteiger partial charge in [-0.1, -0.05) is 35.5 Å². The molecule has 3 nitrogen and oxygen atoms in total. The first-order valence-electron chi connectivity index (χ1n) is 6.48. The summed E-state index contributed by atoms with van der Waals surface area (Å²) in [6.45, 7) is 10.5. The minimum Gasteiger partial charge on any atom is -0.256 e. The largest absolute Gasteiger partial charge is 0.256 e. The monoisotopic (exact) mass is 275 g/mol. The highest BCUT2D eigenvalue weighted by molar-refractivity contribution is 8.14. The minimum absolute atomic E-state index is 0.0673. The second kappa shape index (κ2) is 5.37. The van der Waals surface area contributed by atoms with Crippen LogP contribution in [0, 0.1) is 13.8 Å². The molecule has 0 unspecified atom stereocenters. The van der Waals surface area contributed by atoms with E-state index in [2.05, 4.69) is 68.3 Å². The summed E-state index contributed by atoms with van der Waals surface area (Å²) in [5, 5.41) is 5.37. The molecule has 1 aliphatic heterocycles. The average Bonchev–Trinajstić information content (AvgIpc) is 2.28. The molecule has 0 aromatic heterocycles. The normalized spacial score (nSPS) is 18.2. The maximum absolute atomic E-state index is 4.59. The maximum Gasteiger partial charge on any atom is 0.178 e. The molecule has 4 heteroatoms. The van der Waals surface area contributed by atoms with Gasteiger partial charge in [0.2, 0.25) is 0 Å². The Kier molecular flexibility index (Phi) is 3.99. The summed E-state index contributed by atoms with van der Waals surface area (Å²) in [4.78, 5) is 4.59. The smallest absolute Gasteiger partial charge is 0.178 e. The van der Waals surface area contributed by atoms with Crippen LogP contribution in [0.4, 0.5) is 0 Å². The Balaban J connectivity index is 2.19. The summed E-state index contributed by atoms with van der Waals surface area (Å²) in [7, 11) is 0. The first kappa shape index (κ1) is 14.1. The molecule has 0 amide bonds. The van der Waals surface area contributed by atoms with Crippen LogP contribution in [0.25, 0.3) is 0 Å². The van der Waals surface area contributed by atoms with Gasteiger partial charge < -0.3 is 0 Å². The molecule has 0 radical (unpaired) electrons. The lowest BCUT2D eigenvalue weighted by molar-refractivity contribution is 0.582. The summed E-state index contributed by atoms with van der Waals surface area (Å²) in [5.41, 5.74) is 7.88. The van der Waals surface area contributed by atoms with E-state index in [1.807, 2.05) is 0 Å². The van der Waals surface area contributed by atoms with Crippen LogP contribution < -0.4 is 5.43 Å². The molecule has 0 atom stereocenters. The number of rotatable bonds is 1. The number of benzene rings is 1. The highest BCUT2D eigenvalue weighted by Gasteiger charge is 2.17.